The Kier molecular flexibility index (Phi) is 3.20. The quantitative estimate of drug-likeness (QED) is 0.782. The summed E-state index contributed by atoms with van der Waals surface area (Å²) in [6, 6.07) is 9.17. The minimum Gasteiger partial charge on any atom is -0.293 e. The summed E-state index contributed by atoms with van der Waals surface area (Å²) in [4.78, 5) is 41.0. The number of rotatable bonds is 3. The highest BCUT2D eigenvalue weighted by atomic mass is 16.2. The van der Waals surface area contributed by atoms with Gasteiger partial charge in [0.15, 0.2) is 5.78 Å². The number of benzene rings is 1. The number of amides is 2. The molecule has 3 heterocycles. The van der Waals surface area contributed by atoms with Crippen molar-refractivity contribution < 1.29 is 14.4 Å². The molecule has 1 aromatic carbocycles. The summed E-state index contributed by atoms with van der Waals surface area (Å²) in [6.07, 6.45) is 3.35. The van der Waals surface area contributed by atoms with Crippen LogP contribution in [0, 0.1) is 11.8 Å². The van der Waals surface area contributed by atoms with Gasteiger partial charge in [0.2, 0.25) is 11.8 Å². The average molecular weight is 310 g/mol. The van der Waals surface area contributed by atoms with E-state index in [4.69, 9.17) is 0 Å². The van der Waals surface area contributed by atoms with Gasteiger partial charge in [-0.3, -0.25) is 24.2 Å². The lowest BCUT2D eigenvalue weighted by molar-refractivity contribution is -0.142. The molecule has 0 aliphatic carbocycles. The molecule has 2 unspecified atom stereocenters. The first-order chi connectivity index (χ1) is 11.1. The highest BCUT2D eigenvalue weighted by molar-refractivity contribution is 6.11. The van der Waals surface area contributed by atoms with Crippen molar-refractivity contribution in [1.29, 1.82) is 0 Å². The molecule has 2 bridgehead atoms. The number of fused-ring (bicyclic) bond motifs is 5. The normalized spacial score (nSPS) is 32.7. The van der Waals surface area contributed by atoms with Crippen LogP contribution in [0.5, 0.6) is 0 Å². The number of nitrogens with zero attached hydrogens (tertiary/aromatic N) is 2. The number of likely N-dealkylation sites (tertiary alicyclic amines) is 1. The van der Waals surface area contributed by atoms with Gasteiger partial charge in [0, 0.05) is 19.1 Å². The summed E-state index contributed by atoms with van der Waals surface area (Å²) in [5, 5.41) is 0. The molecule has 4 atom stereocenters. The average Bonchev–Trinajstić information content (AvgIpc) is 2.93. The molecule has 0 aromatic heterocycles. The van der Waals surface area contributed by atoms with E-state index in [9.17, 15) is 14.4 Å². The standard InChI is InChI=1S/C18H18N2O3/c1-2-19-17(22)14-12-8-9-13(21)16(15(14)18(19)23)20(12)10-11-6-4-3-5-7-11/h3-9,12,14-16H,2,10H2,1H3/t12-,14?,15?,16+/m0/s1. The maximum Gasteiger partial charge on any atom is 0.235 e. The minimum absolute atomic E-state index is 0.0659. The van der Waals surface area contributed by atoms with Crippen LogP contribution < -0.4 is 0 Å². The van der Waals surface area contributed by atoms with Gasteiger partial charge in [-0.1, -0.05) is 36.4 Å². The van der Waals surface area contributed by atoms with Crippen LogP contribution in [-0.4, -0.2) is 46.0 Å². The zero-order chi connectivity index (χ0) is 16.1. The molecular formula is C18H18N2O3. The first-order valence-electron chi connectivity index (χ1n) is 8.00. The molecule has 2 saturated heterocycles. The van der Waals surface area contributed by atoms with Crippen molar-refractivity contribution in [2.24, 2.45) is 11.8 Å². The van der Waals surface area contributed by atoms with Crippen LogP contribution in [0.3, 0.4) is 0 Å². The Morgan fingerprint density at radius 1 is 1.00 bits per heavy atom. The number of imide groups is 1. The molecule has 0 saturated carbocycles. The van der Waals surface area contributed by atoms with Crippen molar-refractivity contribution in [2.45, 2.75) is 25.6 Å². The Morgan fingerprint density at radius 3 is 2.39 bits per heavy atom. The summed E-state index contributed by atoms with van der Waals surface area (Å²) < 4.78 is 0. The molecule has 2 fully saturated rings. The van der Waals surface area contributed by atoms with E-state index in [1.165, 1.54) is 4.90 Å². The summed E-state index contributed by atoms with van der Waals surface area (Å²) in [5.74, 6) is -1.33. The molecule has 5 heteroatoms. The fraction of sp³-hybridized carbons (Fsp3) is 0.389. The van der Waals surface area contributed by atoms with E-state index in [2.05, 4.69) is 0 Å². The molecule has 2 amide bonds. The first kappa shape index (κ1) is 14.3. The number of ketones is 1. The van der Waals surface area contributed by atoms with Gasteiger partial charge in [-0.05, 0) is 18.6 Å². The third-order valence-corrected chi connectivity index (χ3v) is 5.21. The smallest absolute Gasteiger partial charge is 0.235 e. The minimum atomic E-state index is -0.529. The Labute approximate surface area is 134 Å². The third kappa shape index (κ3) is 1.93. The summed E-state index contributed by atoms with van der Waals surface area (Å²) >= 11 is 0. The van der Waals surface area contributed by atoms with Gasteiger partial charge in [0.1, 0.15) is 0 Å². The van der Waals surface area contributed by atoms with Crippen LogP contribution in [0.15, 0.2) is 42.5 Å². The van der Waals surface area contributed by atoms with Crippen molar-refractivity contribution in [3.63, 3.8) is 0 Å². The highest BCUT2D eigenvalue weighted by Gasteiger charge is 2.63. The van der Waals surface area contributed by atoms with E-state index < -0.39 is 17.9 Å². The van der Waals surface area contributed by atoms with E-state index in [0.717, 1.165) is 5.56 Å². The molecule has 1 aromatic rings. The number of carbonyl (C=O) groups is 3. The van der Waals surface area contributed by atoms with Crippen molar-refractivity contribution in [3.8, 4) is 0 Å². The van der Waals surface area contributed by atoms with Crippen LogP contribution in [0.25, 0.3) is 0 Å². The second-order valence-electron chi connectivity index (χ2n) is 6.33. The van der Waals surface area contributed by atoms with Gasteiger partial charge in [-0.2, -0.15) is 0 Å². The van der Waals surface area contributed by atoms with E-state index in [1.54, 1.807) is 19.1 Å². The molecule has 118 valence electrons. The van der Waals surface area contributed by atoms with Crippen LogP contribution in [0.2, 0.25) is 0 Å². The molecular weight excluding hydrogens is 292 g/mol. The molecule has 5 nitrogen and oxygen atoms in total. The van der Waals surface area contributed by atoms with Gasteiger partial charge >= 0.3 is 0 Å². The summed E-state index contributed by atoms with van der Waals surface area (Å²) in [5.41, 5.74) is 1.08. The second kappa shape index (κ2) is 5.13. The van der Waals surface area contributed by atoms with Gasteiger partial charge < -0.3 is 0 Å². The van der Waals surface area contributed by atoms with Crippen molar-refractivity contribution >= 4 is 17.6 Å². The first-order valence-corrected chi connectivity index (χ1v) is 8.00. The van der Waals surface area contributed by atoms with E-state index in [-0.39, 0.29) is 23.6 Å². The Balaban J connectivity index is 1.72. The van der Waals surface area contributed by atoms with Gasteiger partial charge in [-0.25, -0.2) is 0 Å². The number of hydrogen-bond acceptors (Lipinski definition) is 4. The SMILES string of the molecule is CCN1C(=O)C2C(C1=O)[C@@H]1C=CC(=O)[C@H]2N1Cc1ccccc1. The predicted molar refractivity (Wildman–Crippen MR) is 83.1 cm³/mol. The topological polar surface area (TPSA) is 57.7 Å². The lowest BCUT2D eigenvalue weighted by atomic mass is 9.90. The largest absolute Gasteiger partial charge is 0.293 e. The van der Waals surface area contributed by atoms with Crippen LogP contribution in [0.1, 0.15) is 12.5 Å². The predicted octanol–water partition coefficient (Wildman–Crippen LogP) is 0.999. The maximum absolute atomic E-state index is 12.6. The summed E-state index contributed by atoms with van der Waals surface area (Å²) in [6.45, 7) is 2.75. The van der Waals surface area contributed by atoms with Gasteiger partial charge in [0.05, 0.1) is 17.9 Å². The Morgan fingerprint density at radius 2 is 1.70 bits per heavy atom. The van der Waals surface area contributed by atoms with E-state index >= 15 is 0 Å². The molecule has 3 aliphatic heterocycles. The van der Waals surface area contributed by atoms with Crippen LogP contribution in [0.4, 0.5) is 0 Å². The van der Waals surface area contributed by atoms with Crippen molar-refractivity contribution in [3.05, 3.63) is 48.0 Å². The fourth-order valence-electron chi connectivity index (χ4n) is 4.24. The van der Waals surface area contributed by atoms with Crippen LogP contribution in [-0.2, 0) is 20.9 Å². The zero-order valence-corrected chi connectivity index (χ0v) is 12.9. The molecule has 4 rings (SSSR count). The lowest BCUT2D eigenvalue weighted by Gasteiger charge is -2.33. The van der Waals surface area contributed by atoms with Gasteiger partial charge in [-0.15, -0.1) is 0 Å². The Hall–Kier alpha value is -2.27. The highest BCUT2D eigenvalue weighted by Crippen LogP contribution is 2.45. The number of carbonyl (C=O) groups excluding carboxylic acids is 3. The summed E-state index contributed by atoms with van der Waals surface area (Å²) in [7, 11) is 0. The molecule has 3 aliphatic rings. The molecule has 0 N–H and O–H groups in total. The van der Waals surface area contributed by atoms with Gasteiger partial charge in [0.25, 0.3) is 0 Å². The number of hydrogen-bond donors (Lipinski definition) is 0. The van der Waals surface area contributed by atoms with Crippen molar-refractivity contribution in [1.82, 2.24) is 9.80 Å². The van der Waals surface area contributed by atoms with E-state index in [0.29, 0.717) is 13.1 Å². The van der Waals surface area contributed by atoms with Crippen LogP contribution >= 0.6 is 0 Å². The third-order valence-electron chi connectivity index (χ3n) is 5.21. The molecule has 0 spiro atoms. The second-order valence-corrected chi connectivity index (χ2v) is 6.33. The molecule has 0 radical (unpaired) electrons. The lowest BCUT2D eigenvalue weighted by Crippen LogP contribution is -2.48. The molecule has 23 heavy (non-hydrogen) atoms. The Bertz CT molecular complexity index is 712. The zero-order valence-electron chi connectivity index (χ0n) is 12.9. The van der Waals surface area contributed by atoms with Crippen molar-refractivity contribution in [2.75, 3.05) is 6.54 Å². The monoisotopic (exact) mass is 310 g/mol. The maximum atomic E-state index is 12.6. The fourth-order valence-corrected chi connectivity index (χ4v) is 4.24. The van der Waals surface area contributed by atoms with E-state index in [1.807, 2.05) is 35.2 Å².